The van der Waals surface area contributed by atoms with Crippen LogP contribution in [0.2, 0.25) is 0 Å². The van der Waals surface area contributed by atoms with E-state index in [9.17, 15) is 4.79 Å². The highest BCUT2D eigenvalue weighted by molar-refractivity contribution is 5.72. The van der Waals surface area contributed by atoms with Crippen molar-refractivity contribution in [3.63, 3.8) is 0 Å². The van der Waals surface area contributed by atoms with Crippen molar-refractivity contribution in [2.45, 2.75) is 32.6 Å². The molecular weight excluding hydrogens is 176 g/mol. The van der Waals surface area contributed by atoms with E-state index in [1.54, 1.807) is 6.92 Å². The molecule has 1 fully saturated rings. The maximum Gasteiger partial charge on any atom is 0.219 e. The summed E-state index contributed by atoms with van der Waals surface area (Å²) in [6.07, 6.45) is 4.96. The summed E-state index contributed by atoms with van der Waals surface area (Å²) in [7, 11) is 1.89. The predicted octanol–water partition coefficient (Wildman–Crippen LogP) is 1.23. The van der Waals surface area contributed by atoms with Crippen LogP contribution in [0.4, 0.5) is 0 Å². The molecule has 0 heterocycles. The monoisotopic (exact) mass is 198 g/mol. The van der Waals surface area contributed by atoms with Crippen LogP contribution in [0.1, 0.15) is 32.6 Å². The molecule has 0 spiro atoms. The van der Waals surface area contributed by atoms with Crippen LogP contribution in [-0.2, 0) is 4.79 Å². The number of hydrogen-bond donors (Lipinski definition) is 1. The molecule has 0 radical (unpaired) electrons. The zero-order valence-electron chi connectivity index (χ0n) is 9.33. The van der Waals surface area contributed by atoms with E-state index in [4.69, 9.17) is 5.73 Å². The van der Waals surface area contributed by atoms with E-state index in [1.807, 2.05) is 11.9 Å². The first-order chi connectivity index (χ1) is 6.63. The van der Waals surface area contributed by atoms with Gasteiger partial charge in [0.1, 0.15) is 0 Å². The van der Waals surface area contributed by atoms with Crippen molar-refractivity contribution in [1.82, 2.24) is 4.90 Å². The summed E-state index contributed by atoms with van der Waals surface area (Å²) in [6, 6.07) is 0. The summed E-state index contributed by atoms with van der Waals surface area (Å²) in [4.78, 5) is 12.9. The molecule has 3 nitrogen and oxygen atoms in total. The van der Waals surface area contributed by atoms with E-state index in [0.29, 0.717) is 5.92 Å². The van der Waals surface area contributed by atoms with Crippen molar-refractivity contribution in [2.24, 2.45) is 17.6 Å². The van der Waals surface area contributed by atoms with E-state index in [1.165, 1.54) is 25.7 Å². The molecule has 1 aliphatic rings. The lowest BCUT2D eigenvalue weighted by atomic mass is 9.82. The average Bonchev–Trinajstić information content (AvgIpc) is 2.19. The molecule has 0 unspecified atom stereocenters. The zero-order valence-corrected chi connectivity index (χ0v) is 9.33. The largest absolute Gasteiger partial charge is 0.346 e. The minimum Gasteiger partial charge on any atom is -0.346 e. The number of carbonyl (C=O) groups is 1. The number of nitrogens with two attached hydrogens (primary N) is 1. The van der Waals surface area contributed by atoms with Crippen LogP contribution >= 0.6 is 0 Å². The van der Waals surface area contributed by atoms with Crippen LogP contribution < -0.4 is 5.73 Å². The molecule has 0 aromatic heterocycles. The number of nitrogens with zero attached hydrogens (tertiary/aromatic N) is 1. The van der Waals surface area contributed by atoms with Gasteiger partial charge in [-0.25, -0.2) is 0 Å². The maximum atomic E-state index is 11.0. The van der Waals surface area contributed by atoms with Crippen LogP contribution in [0, 0.1) is 11.8 Å². The highest BCUT2D eigenvalue weighted by atomic mass is 16.2. The van der Waals surface area contributed by atoms with Gasteiger partial charge in [-0.05, 0) is 44.1 Å². The van der Waals surface area contributed by atoms with E-state index >= 15 is 0 Å². The SMILES string of the molecule is CC(=O)N(C)CC1CCC(CN)CC1. The third kappa shape index (κ3) is 3.29. The Morgan fingerprint density at radius 1 is 1.29 bits per heavy atom. The zero-order chi connectivity index (χ0) is 10.6. The van der Waals surface area contributed by atoms with E-state index < -0.39 is 0 Å². The van der Waals surface area contributed by atoms with Gasteiger partial charge in [0.05, 0.1) is 0 Å². The second-order valence-corrected chi connectivity index (χ2v) is 4.52. The van der Waals surface area contributed by atoms with Crippen LogP contribution in [0.3, 0.4) is 0 Å². The highest BCUT2D eigenvalue weighted by Crippen LogP contribution is 2.28. The molecule has 82 valence electrons. The lowest BCUT2D eigenvalue weighted by Gasteiger charge is -2.30. The second-order valence-electron chi connectivity index (χ2n) is 4.52. The Hall–Kier alpha value is -0.570. The number of hydrogen-bond acceptors (Lipinski definition) is 2. The smallest absolute Gasteiger partial charge is 0.219 e. The van der Waals surface area contributed by atoms with Crippen LogP contribution in [0.15, 0.2) is 0 Å². The fraction of sp³-hybridized carbons (Fsp3) is 0.909. The number of amides is 1. The molecule has 0 aromatic rings. The van der Waals surface area contributed by atoms with Crippen molar-refractivity contribution in [3.05, 3.63) is 0 Å². The average molecular weight is 198 g/mol. The highest BCUT2D eigenvalue weighted by Gasteiger charge is 2.21. The van der Waals surface area contributed by atoms with Gasteiger partial charge in [0.15, 0.2) is 0 Å². The molecule has 1 rings (SSSR count). The fourth-order valence-electron chi connectivity index (χ4n) is 2.17. The summed E-state index contributed by atoms with van der Waals surface area (Å²) in [5, 5.41) is 0. The Labute approximate surface area is 86.6 Å². The number of carbonyl (C=O) groups excluding carboxylic acids is 1. The summed E-state index contributed by atoms with van der Waals surface area (Å²) >= 11 is 0. The van der Waals surface area contributed by atoms with E-state index in [-0.39, 0.29) is 5.91 Å². The van der Waals surface area contributed by atoms with Gasteiger partial charge in [0.2, 0.25) is 5.91 Å². The van der Waals surface area contributed by atoms with Crippen molar-refractivity contribution in [3.8, 4) is 0 Å². The summed E-state index contributed by atoms with van der Waals surface area (Å²) < 4.78 is 0. The molecule has 0 aliphatic heterocycles. The van der Waals surface area contributed by atoms with Crippen LogP contribution in [0.5, 0.6) is 0 Å². The Bertz CT molecular complexity index is 186. The number of rotatable bonds is 3. The van der Waals surface area contributed by atoms with E-state index in [2.05, 4.69) is 0 Å². The standard InChI is InChI=1S/C11H22N2O/c1-9(14)13(2)8-11-5-3-10(7-12)4-6-11/h10-11H,3-8,12H2,1-2H3. The van der Waals surface area contributed by atoms with Crippen LogP contribution in [0.25, 0.3) is 0 Å². The molecule has 1 amide bonds. The van der Waals surface area contributed by atoms with Crippen molar-refractivity contribution >= 4 is 5.91 Å². The quantitative estimate of drug-likeness (QED) is 0.741. The molecule has 0 bridgehead atoms. The first kappa shape index (κ1) is 11.5. The van der Waals surface area contributed by atoms with Gasteiger partial charge in [0, 0.05) is 20.5 Å². The minimum atomic E-state index is 0.172. The summed E-state index contributed by atoms with van der Waals surface area (Å²) in [5.74, 6) is 1.60. The topological polar surface area (TPSA) is 46.3 Å². The van der Waals surface area contributed by atoms with Gasteiger partial charge in [-0.15, -0.1) is 0 Å². The first-order valence-electron chi connectivity index (χ1n) is 5.55. The van der Waals surface area contributed by atoms with Gasteiger partial charge >= 0.3 is 0 Å². The molecule has 0 atom stereocenters. The Morgan fingerprint density at radius 2 is 1.79 bits per heavy atom. The summed E-state index contributed by atoms with van der Waals surface area (Å²) in [6.45, 7) is 3.38. The van der Waals surface area contributed by atoms with Gasteiger partial charge in [-0.3, -0.25) is 4.79 Å². The van der Waals surface area contributed by atoms with Gasteiger partial charge in [0.25, 0.3) is 0 Å². The predicted molar refractivity (Wildman–Crippen MR) is 57.8 cm³/mol. The Morgan fingerprint density at radius 3 is 2.21 bits per heavy atom. The lowest BCUT2D eigenvalue weighted by molar-refractivity contribution is -0.128. The van der Waals surface area contributed by atoms with Crippen molar-refractivity contribution in [2.75, 3.05) is 20.1 Å². The van der Waals surface area contributed by atoms with Crippen molar-refractivity contribution in [1.29, 1.82) is 0 Å². The minimum absolute atomic E-state index is 0.172. The third-order valence-corrected chi connectivity index (χ3v) is 3.37. The van der Waals surface area contributed by atoms with Gasteiger partial charge < -0.3 is 10.6 Å². The van der Waals surface area contributed by atoms with Crippen molar-refractivity contribution < 1.29 is 4.79 Å². The normalized spacial score (nSPS) is 27.4. The molecule has 3 heteroatoms. The molecular formula is C11H22N2O. The second kappa shape index (κ2) is 5.35. The van der Waals surface area contributed by atoms with Gasteiger partial charge in [-0.1, -0.05) is 0 Å². The van der Waals surface area contributed by atoms with Crippen LogP contribution in [-0.4, -0.2) is 30.9 Å². The van der Waals surface area contributed by atoms with E-state index in [0.717, 1.165) is 19.0 Å². The molecule has 2 N–H and O–H groups in total. The molecule has 0 saturated heterocycles. The molecule has 1 aliphatic carbocycles. The Balaban J connectivity index is 2.25. The van der Waals surface area contributed by atoms with Gasteiger partial charge in [-0.2, -0.15) is 0 Å². The molecule has 1 saturated carbocycles. The fourth-order valence-corrected chi connectivity index (χ4v) is 2.17. The Kier molecular flexibility index (Phi) is 4.39. The first-order valence-corrected chi connectivity index (χ1v) is 5.55. The molecule has 14 heavy (non-hydrogen) atoms. The third-order valence-electron chi connectivity index (χ3n) is 3.37. The maximum absolute atomic E-state index is 11.0. The lowest BCUT2D eigenvalue weighted by Crippen LogP contribution is -2.32. The molecule has 0 aromatic carbocycles. The summed E-state index contributed by atoms with van der Waals surface area (Å²) in [5.41, 5.74) is 5.63.